The first-order valence-corrected chi connectivity index (χ1v) is 6.27. The summed E-state index contributed by atoms with van der Waals surface area (Å²) in [5.74, 6) is 0.263. The highest BCUT2D eigenvalue weighted by Gasteiger charge is 2.27. The Balaban J connectivity index is 2.18. The summed E-state index contributed by atoms with van der Waals surface area (Å²) in [5.41, 5.74) is 0.671. The summed E-state index contributed by atoms with van der Waals surface area (Å²) < 4.78 is 13.8. The van der Waals surface area contributed by atoms with E-state index in [4.69, 9.17) is 11.6 Å². The minimum Gasteiger partial charge on any atom is -0.338 e. The summed E-state index contributed by atoms with van der Waals surface area (Å²) in [5, 5.41) is 0. The molecule has 17 heavy (non-hydrogen) atoms. The Morgan fingerprint density at radius 3 is 3.00 bits per heavy atom. The van der Waals surface area contributed by atoms with Crippen LogP contribution < -0.4 is 0 Å². The Hall–Kier alpha value is -1.09. The maximum absolute atomic E-state index is 13.8. The van der Waals surface area contributed by atoms with Gasteiger partial charge in [0, 0.05) is 19.0 Å². The maximum atomic E-state index is 13.8. The van der Waals surface area contributed by atoms with Crippen LogP contribution in [-0.4, -0.2) is 29.8 Å². The van der Waals surface area contributed by atoms with Gasteiger partial charge in [-0.15, -0.1) is 11.6 Å². The number of nitrogens with zero attached hydrogens (tertiary/aromatic N) is 1. The van der Waals surface area contributed by atoms with Crippen LogP contribution in [0.15, 0.2) is 18.2 Å². The zero-order chi connectivity index (χ0) is 12.4. The van der Waals surface area contributed by atoms with Crippen molar-refractivity contribution in [2.45, 2.75) is 13.3 Å². The number of hydrogen-bond acceptors (Lipinski definition) is 1. The molecular weight excluding hydrogens is 241 g/mol. The fraction of sp³-hybridized carbons (Fsp3) is 0.462. The van der Waals surface area contributed by atoms with E-state index in [0.717, 1.165) is 6.42 Å². The number of halogens is 2. The molecule has 1 heterocycles. The standard InChI is InChI=1S/C13H15ClFNO/c1-9-3-2-4-11(12(9)15)13(17)16-6-5-10(7-14)8-16/h2-4,10H,5-8H2,1H3. The normalized spacial score (nSPS) is 19.7. The van der Waals surface area contributed by atoms with Gasteiger partial charge < -0.3 is 4.90 Å². The third-order valence-corrected chi connectivity index (χ3v) is 3.65. The molecule has 1 aliphatic heterocycles. The van der Waals surface area contributed by atoms with Gasteiger partial charge in [0.15, 0.2) is 0 Å². The summed E-state index contributed by atoms with van der Waals surface area (Å²) in [6, 6.07) is 4.91. The highest BCUT2D eigenvalue weighted by atomic mass is 35.5. The van der Waals surface area contributed by atoms with E-state index >= 15 is 0 Å². The van der Waals surface area contributed by atoms with Crippen molar-refractivity contribution in [2.75, 3.05) is 19.0 Å². The molecule has 0 spiro atoms. The van der Waals surface area contributed by atoms with Gasteiger partial charge in [-0.3, -0.25) is 4.79 Å². The molecule has 1 amide bonds. The molecule has 2 nitrogen and oxygen atoms in total. The number of benzene rings is 1. The molecule has 4 heteroatoms. The van der Waals surface area contributed by atoms with Gasteiger partial charge in [0.1, 0.15) is 5.82 Å². The fourth-order valence-electron chi connectivity index (χ4n) is 2.13. The minimum absolute atomic E-state index is 0.167. The number of amides is 1. The van der Waals surface area contributed by atoms with Gasteiger partial charge in [-0.25, -0.2) is 4.39 Å². The second-order valence-electron chi connectivity index (χ2n) is 4.50. The third kappa shape index (κ3) is 2.44. The van der Waals surface area contributed by atoms with Gasteiger partial charge in [-0.2, -0.15) is 0 Å². The van der Waals surface area contributed by atoms with Crippen LogP contribution in [0, 0.1) is 18.7 Å². The molecule has 1 saturated heterocycles. The molecule has 0 aromatic heterocycles. The molecule has 2 rings (SSSR count). The third-order valence-electron chi connectivity index (χ3n) is 3.21. The molecule has 0 bridgehead atoms. The number of carbonyl (C=O) groups excluding carboxylic acids is 1. The lowest BCUT2D eigenvalue weighted by Gasteiger charge is -2.17. The van der Waals surface area contributed by atoms with Crippen molar-refractivity contribution in [3.8, 4) is 0 Å². The van der Waals surface area contributed by atoms with Crippen LogP contribution in [0.3, 0.4) is 0 Å². The first-order chi connectivity index (χ1) is 8.13. The minimum atomic E-state index is -0.410. The van der Waals surface area contributed by atoms with E-state index in [1.165, 1.54) is 0 Å². The van der Waals surface area contributed by atoms with E-state index in [-0.39, 0.29) is 11.5 Å². The van der Waals surface area contributed by atoms with Crippen molar-refractivity contribution >= 4 is 17.5 Å². The monoisotopic (exact) mass is 255 g/mol. The highest BCUT2D eigenvalue weighted by molar-refractivity contribution is 6.18. The lowest BCUT2D eigenvalue weighted by Crippen LogP contribution is -2.29. The smallest absolute Gasteiger partial charge is 0.256 e. The van der Waals surface area contributed by atoms with E-state index in [1.807, 2.05) is 0 Å². The first kappa shape index (κ1) is 12.4. The van der Waals surface area contributed by atoms with Gasteiger partial charge in [0.25, 0.3) is 5.91 Å². The number of rotatable bonds is 2. The van der Waals surface area contributed by atoms with E-state index in [9.17, 15) is 9.18 Å². The second-order valence-corrected chi connectivity index (χ2v) is 4.81. The summed E-state index contributed by atoms with van der Waals surface area (Å²) >= 11 is 5.77. The lowest BCUT2D eigenvalue weighted by atomic mass is 10.1. The van der Waals surface area contributed by atoms with Gasteiger partial charge in [0.05, 0.1) is 5.56 Å². The van der Waals surface area contributed by atoms with Crippen LogP contribution in [0.1, 0.15) is 22.3 Å². The maximum Gasteiger partial charge on any atom is 0.256 e. The molecule has 1 aliphatic rings. The van der Waals surface area contributed by atoms with Crippen molar-refractivity contribution in [2.24, 2.45) is 5.92 Å². The Morgan fingerprint density at radius 1 is 1.59 bits per heavy atom. The van der Waals surface area contributed by atoms with Gasteiger partial charge in [-0.1, -0.05) is 12.1 Å². The predicted octanol–water partition coefficient (Wildman–Crippen LogP) is 2.84. The van der Waals surface area contributed by atoms with Crippen LogP contribution in [0.2, 0.25) is 0 Å². The molecule has 1 aromatic carbocycles. The quantitative estimate of drug-likeness (QED) is 0.744. The summed E-state index contributed by atoms with van der Waals surface area (Å²) in [6.45, 7) is 2.97. The van der Waals surface area contributed by atoms with E-state index in [1.54, 1.807) is 30.0 Å². The number of aryl methyl sites for hydroxylation is 1. The van der Waals surface area contributed by atoms with Gasteiger partial charge >= 0.3 is 0 Å². The summed E-state index contributed by atoms with van der Waals surface area (Å²) in [7, 11) is 0. The van der Waals surface area contributed by atoms with E-state index < -0.39 is 5.82 Å². The van der Waals surface area contributed by atoms with Crippen molar-refractivity contribution < 1.29 is 9.18 Å². The SMILES string of the molecule is Cc1cccc(C(=O)N2CCC(CCl)C2)c1F. The van der Waals surface area contributed by atoms with Gasteiger partial charge in [0.2, 0.25) is 0 Å². The lowest BCUT2D eigenvalue weighted by molar-refractivity contribution is 0.0783. The van der Waals surface area contributed by atoms with Crippen LogP contribution in [0.5, 0.6) is 0 Å². The van der Waals surface area contributed by atoms with Crippen molar-refractivity contribution in [1.82, 2.24) is 4.90 Å². The van der Waals surface area contributed by atoms with Crippen LogP contribution in [-0.2, 0) is 0 Å². The van der Waals surface area contributed by atoms with Crippen molar-refractivity contribution in [3.63, 3.8) is 0 Å². The Kier molecular flexibility index (Phi) is 3.67. The molecule has 0 N–H and O–H groups in total. The Bertz CT molecular complexity index is 435. The zero-order valence-electron chi connectivity index (χ0n) is 9.75. The number of alkyl halides is 1. The fourth-order valence-corrected chi connectivity index (χ4v) is 2.38. The van der Waals surface area contributed by atoms with Crippen molar-refractivity contribution in [3.05, 3.63) is 35.1 Å². The molecule has 1 aromatic rings. The largest absolute Gasteiger partial charge is 0.338 e. The number of likely N-dealkylation sites (tertiary alicyclic amines) is 1. The molecule has 1 atom stereocenters. The zero-order valence-corrected chi connectivity index (χ0v) is 10.5. The Labute approximate surface area is 105 Å². The van der Waals surface area contributed by atoms with E-state index in [0.29, 0.717) is 30.5 Å². The highest BCUT2D eigenvalue weighted by Crippen LogP contribution is 2.21. The number of carbonyl (C=O) groups is 1. The number of hydrogen-bond donors (Lipinski definition) is 0. The van der Waals surface area contributed by atoms with Gasteiger partial charge in [-0.05, 0) is 30.9 Å². The molecule has 0 saturated carbocycles. The predicted molar refractivity (Wildman–Crippen MR) is 65.9 cm³/mol. The molecular formula is C13H15ClFNO. The molecule has 0 radical (unpaired) electrons. The van der Waals surface area contributed by atoms with Crippen molar-refractivity contribution in [1.29, 1.82) is 0 Å². The molecule has 92 valence electrons. The second kappa shape index (κ2) is 5.05. The first-order valence-electron chi connectivity index (χ1n) is 5.74. The van der Waals surface area contributed by atoms with E-state index in [2.05, 4.69) is 0 Å². The van der Waals surface area contributed by atoms with Crippen LogP contribution >= 0.6 is 11.6 Å². The molecule has 1 fully saturated rings. The summed E-state index contributed by atoms with van der Waals surface area (Å²) in [4.78, 5) is 13.8. The van der Waals surface area contributed by atoms with Crippen LogP contribution in [0.4, 0.5) is 4.39 Å². The average molecular weight is 256 g/mol. The summed E-state index contributed by atoms with van der Waals surface area (Å²) in [6.07, 6.45) is 0.905. The molecule has 0 aliphatic carbocycles. The molecule has 1 unspecified atom stereocenters. The topological polar surface area (TPSA) is 20.3 Å². The van der Waals surface area contributed by atoms with Crippen LogP contribution in [0.25, 0.3) is 0 Å². The Morgan fingerprint density at radius 2 is 2.35 bits per heavy atom. The average Bonchev–Trinajstić information content (AvgIpc) is 2.80.